The maximum atomic E-state index is 10.8. The van der Waals surface area contributed by atoms with Gasteiger partial charge in [0.05, 0.1) is 12.0 Å². The first-order valence-electron chi connectivity index (χ1n) is 7.15. The highest BCUT2D eigenvalue weighted by atomic mass is 16.4. The monoisotopic (exact) mass is 293 g/mol. The van der Waals surface area contributed by atoms with E-state index in [2.05, 4.69) is 18.7 Å². The molecule has 0 fully saturated rings. The molecule has 5 heteroatoms. The molecule has 0 aliphatic rings. The Bertz CT molecular complexity index is 468. The zero-order valence-electron chi connectivity index (χ0n) is 12.6. The summed E-state index contributed by atoms with van der Waals surface area (Å²) in [6.07, 6.45) is 1.12. The molecule has 0 aliphatic heterocycles. The quantitative estimate of drug-likeness (QED) is 0.732. The van der Waals surface area contributed by atoms with E-state index >= 15 is 0 Å². The van der Waals surface area contributed by atoms with Gasteiger partial charge in [-0.1, -0.05) is 26.0 Å². The minimum atomic E-state index is -0.941. The van der Waals surface area contributed by atoms with Gasteiger partial charge >= 0.3 is 11.9 Å². The van der Waals surface area contributed by atoms with Gasteiger partial charge in [-0.05, 0) is 36.6 Å². The Morgan fingerprint density at radius 2 is 1.71 bits per heavy atom. The summed E-state index contributed by atoms with van der Waals surface area (Å²) in [5.41, 5.74) is 1.26. The van der Waals surface area contributed by atoms with E-state index in [4.69, 9.17) is 10.2 Å². The SMILES string of the molecule is CC(C)CCN(CCC(=O)O)Cc1ccc(C(=O)O)cc1. The molecule has 0 radical (unpaired) electrons. The summed E-state index contributed by atoms with van der Waals surface area (Å²) in [5.74, 6) is -1.18. The molecule has 0 atom stereocenters. The molecule has 0 heterocycles. The number of hydrogen-bond acceptors (Lipinski definition) is 3. The van der Waals surface area contributed by atoms with Crippen LogP contribution in [0.5, 0.6) is 0 Å². The van der Waals surface area contributed by atoms with Crippen molar-refractivity contribution in [2.75, 3.05) is 13.1 Å². The highest BCUT2D eigenvalue weighted by Gasteiger charge is 2.10. The average Bonchev–Trinajstić information content (AvgIpc) is 2.42. The number of aromatic carboxylic acids is 1. The Balaban J connectivity index is 2.64. The van der Waals surface area contributed by atoms with Crippen LogP contribution >= 0.6 is 0 Å². The molecule has 1 rings (SSSR count). The lowest BCUT2D eigenvalue weighted by atomic mass is 10.1. The van der Waals surface area contributed by atoms with Crippen molar-refractivity contribution in [2.45, 2.75) is 33.2 Å². The molecule has 2 N–H and O–H groups in total. The van der Waals surface area contributed by atoms with Crippen molar-refractivity contribution in [3.8, 4) is 0 Å². The van der Waals surface area contributed by atoms with E-state index in [1.807, 2.05) is 0 Å². The van der Waals surface area contributed by atoms with E-state index in [0.29, 0.717) is 19.0 Å². The van der Waals surface area contributed by atoms with Gasteiger partial charge in [0, 0.05) is 13.1 Å². The van der Waals surface area contributed by atoms with E-state index in [0.717, 1.165) is 18.5 Å². The molecule has 0 aliphatic carbocycles. The lowest BCUT2D eigenvalue weighted by molar-refractivity contribution is -0.137. The van der Waals surface area contributed by atoms with Gasteiger partial charge in [-0.25, -0.2) is 4.79 Å². The van der Waals surface area contributed by atoms with Crippen LogP contribution in [0.2, 0.25) is 0 Å². The molecule has 0 amide bonds. The topological polar surface area (TPSA) is 77.8 Å². The van der Waals surface area contributed by atoms with Crippen LogP contribution in [0.15, 0.2) is 24.3 Å². The van der Waals surface area contributed by atoms with Gasteiger partial charge in [0.2, 0.25) is 0 Å². The maximum Gasteiger partial charge on any atom is 0.335 e. The number of benzene rings is 1. The number of aliphatic carboxylic acids is 1. The molecule has 0 aromatic heterocycles. The summed E-state index contributed by atoms with van der Waals surface area (Å²) in [4.78, 5) is 23.6. The van der Waals surface area contributed by atoms with Gasteiger partial charge in [-0.2, -0.15) is 0 Å². The van der Waals surface area contributed by atoms with Crippen molar-refractivity contribution in [1.29, 1.82) is 0 Å². The van der Waals surface area contributed by atoms with Crippen LogP contribution in [-0.4, -0.2) is 40.1 Å². The Morgan fingerprint density at radius 3 is 2.19 bits per heavy atom. The zero-order chi connectivity index (χ0) is 15.8. The van der Waals surface area contributed by atoms with Gasteiger partial charge in [-0.15, -0.1) is 0 Å². The normalized spacial score (nSPS) is 11.0. The maximum absolute atomic E-state index is 10.8. The van der Waals surface area contributed by atoms with Crippen LogP contribution in [0, 0.1) is 5.92 Å². The number of carboxylic acids is 2. The fraction of sp³-hybridized carbons (Fsp3) is 0.500. The summed E-state index contributed by atoms with van der Waals surface area (Å²) in [6, 6.07) is 6.73. The molecule has 0 saturated heterocycles. The van der Waals surface area contributed by atoms with E-state index in [-0.39, 0.29) is 12.0 Å². The molecule has 21 heavy (non-hydrogen) atoms. The first-order chi connectivity index (χ1) is 9.88. The predicted octanol–water partition coefficient (Wildman–Crippen LogP) is 2.71. The Kier molecular flexibility index (Phi) is 6.88. The number of rotatable bonds is 9. The van der Waals surface area contributed by atoms with Crippen LogP contribution in [0.4, 0.5) is 0 Å². The van der Waals surface area contributed by atoms with Crippen molar-refractivity contribution in [3.63, 3.8) is 0 Å². The van der Waals surface area contributed by atoms with Crippen LogP contribution in [-0.2, 0) is 11.3 Å². The van der Waals surface area contributed by atoms with Gasteiger partial charge in [0.15, 0.2) is 0 Å². The van der Waals surface area contributed by atoms with Crippen LogP contribution in [0.25, 0.3) is 0 Å². The van der Waals surface area contributed by atoms with E-state index in [9.17, 15) is 9.59 Å². The number of carbonyl (C=O) groups is 2. The van der Waals surface area contributed by atoms with Crippen LogP contribution in [0.3, 0.4) is 0 Å². The highest BCUT2D eigenvalue weighted by Crippen LogP contribution is 2.10. The van der Waals surface area contributed by atoms with Crippen molar-refractivity contribution < 1.29 is 19.8 Å². The number of carboxylic acid groups (broad SMARTS) is 2. The lowest BCUT2D eigenvalue weighted by Gasteiger charge is -2.22. The molecule has 1 aromatic rings. The van der Waals surface area contributed by atoms with E-state index in [1.54, 1.807) is 24.3 Å². The van der Waals surface area contributed by atoms with Gasteiger partial charge in [0.25, 0.3) is 0 Å². The fourth-order valence-electron chi connectivity index (χ4n) is 1.98. The van der Waals surface area contributed by atoms with Crippen LogP contribution in [0.1, 0.15) is 42.6 Å². The third-order valence-corrected chi connectivity index (χ3v) is 3.27. The largest absolute Gasteiger partial charge is 0.481 e. The molecule has 1 aromatic carbocycles. The Labute approximate surface area is 125 Å². The third-order valence-electron chi connectivity index (χ3n) is 3.27. The van der Waals surface area contributed by atoms with Gasteiger partial charge in [0.1, 0.15) is 0 Å². The Morgan fingerprint density at radius 1 is 1.10 bits per heavy atom. The second-order valence-corrected chi connectivity index (χ2v) is 5.60. The van der Waals surface area contributed by atoms with Crippen molar-refractivity contribution in [3.05, 3.63) is 35.4 Å². The smallest absolute Gasteiger partial charge is 0.335 e. The Hall–Kier alpha value is -1.88. The summed E-state index contributed by atoms with van der Waals surface area (Å²) < 4.78 is 0. The van der Waals surface area contributed by atoms with Crippen LogP contribution < -0.4 is 0 Å². The first kappa shape index (κ1) is 17.2. The molecule has 5 nitrogen and oxygen atoms in total. The third kappa shape index (κ3) is 6.90. The van der Waals surface area contributed by atoms with Gasteiger partial charge < -0.3 is 10.2 Å². The second kappa shape index (κ2) is 8.42. The predicted molar refractivity (Wildman–Crippen MR) is 80.4 cm³/mol. The summed E-state index contributed by atoms with van der Waals surface area (Å²) in [6.45, 7) is 6.25. The lowest BCUT2D eigenvalue weighted by Crippen LogP contribution is -2.28. The molecule has 0 bridgehead atoms. The number of hydrogen-bond donors (Lipinski definition) is 2. The molecule has 116 valence electrons. The summed E-state index contributed by atoms with van der Waals surface area (Å²) >= 11 is 0. The minimum absolute atomic E-state index is 0.116. The zero-order valence-corrected chi connectivity index (χ0v) is 12.6. The molecule has 0 spiro atoms. The standard InChI is InChI=1S/C16H23NO4/c1-12(2)7-9-17(10-8-15(18)19)11-13-3-5-14(6-4-13)16(20)21/h3-6,12H,7-11H2,1-2H3,(H,18,19)(H,20,21). The summed E-state index contributed by atoms with van der Waals surface area (Å²) in [7, 11) is 0. The van der Waals surface area contributed by atoms with Crippen molar-refractivity contribution >= 4 is 11.9 Å². The number of nitrogens with zero attached hydrogens (tertiary/aromatic N) is 1. The van der Waals surface area contributed by atoms with Crippen molar-refractivity contribution in [1.82, 2.24) is 4.90 Å². The molecular weight excluding hydrogens is 270 g/mol. The molecule has 0 unspecified atom stereocenters. The first-order valence-corrected chi connectivity index (χ1v) is 7.15. The summed E-state index contributed by atoms with van der Waals surface area (Å²) in [5, 5.41) is 17.7. The second-order valence-electron chi connectivity index (χ2n) is 5.60. The van der Waals surface area contributed by atoms with Gasteiger partial charge in [-0.3, -0.25) is 9.69 Å². The minimum Gasteiger partial charge on any atom is -0.481 e. The molecule has 0 saturated carbocycles. The average molecular weight is 293 g/mol. The molecular formula is C16H23NO4. The highest BCUT2D eigenvalue weighted by molar-refractivity contribution is 5.87. The van der Waals surface area contributed by atoms with E-state index in [1.165, 1.54) is 0 Å². The van der Waals surface area contributed by atoms with E-state index < -0.39 is 11.9 Å². The van der Waals surface area contributed by atoms with Crippen molar-refractivity contribution in [2.24, 2.45) is 5.92 Å². The fourth-order valence-corrected chi connectivity index (χ4v) is 1.98.